The number of ketones is 2. The van der Waals surface area contributed by atoms with E-state index in [9.17, 15) is 9.59 Å². The first-order chi connectivity index (χ1) is 10.0. The van der Waals surface area contributed by atoms with Crippen LogP contribution in [0.25, 0.3) is 10.1 Å². The predicted octanol–water partition coefficient (Wildman–Crippen LogP) is 4.42. The number of thiophene rings is 1. The summed E-state index contributed by atoms with van der Waals surface area (Å²) in [6, 6.07) is 3.41. The van der Waals surface area contributed by atoms with Crippen molar-refractivity contribution >= 4 is 44.6 Å². The number of aryl methyl sites for hydroxylation is 1. The first kappa shape index (κ1) is 14.5. The number of methoxy groups -OCH3 is 1. The molecule has 0 bridgehead atoms. The number of ether oxygens (including phenoxy) is 1. The highest BCUT2D eigenvalue weighted by Crippen LogP contribution is 2.43. The van der Waals surface area contributed by atoms with E-state index in [4.69, 9.17) is 16.3 Å². The van der Waals surface area contributed by atoms with Crippen LogP contribution in [0.1, 0.15) is 34.5 Å². The topological polar surface area (TPSA) is 43.4 Å². The largest absolute Gasteiger partial charge is 0.495 e. The molecule has 0 aliphatic heterocycles. The Morgan fingerprint density at radius 3 is 2.71 bits per heavy atom. The average molecular weight is 323 g/mol. The molecule has 110 valence electrons. The maximum Gasteiger partial charge on any atom is 0.171 e. The van der Waals surface area contributed by atoms with E-state index in [1.165, 1.54) is 11.3 Å². The standard InChI is InChI=1S/C16H15ClO3S/c1-8-15(20-2)14-11(17)6-5-10(16(14)21-8)13(19)7-12(18)9-3-4-9/h5-6,9H,3-4,7H2,1-2H3. The second kappa shape index (κ2) is 5.43. The molecule has 0 amide bonds. The molecule has 1 heterocycles. The Morgan fingerprint density at radius 1 is 1.38 bits per heavy atom. The Bertz CT molecular complexity index is 744. The molecule has 3 nitrogen and oxygen atoms in total. The fourth-order valence-electron chi connectivity index (χ4n) is 2.52. The van der Waals surface area contributed by atoms with Crippen LogP contribution in [0.5, 0.6) is 5.75 Å². The summed E-state index contributed by atoms with van der Waals surface area (Å²) >= 11 is 7.73. The molecule has 1 aliphatic carbocycles. The van der Waals surface area contributed by atoms with Crippen LogP contribution in [0.15, 0.2) is 12.1 Å². The number of carbonyl (C=O) groups is 2. The van der Waals surface area contributed by atoms with Crippen LogP contribution >= 0.6 is 22.9 Å². The lowest BCUT2D eigenvalue weighted by Crippen LogP contribution is -2.09. The van der Waals surface area contributed by atoms with Crippen LogP contribution in [-0.2, 0) is 4.79 Å². The Morgan fingerprint density at radius 2 is 2.10 bits per heavy atom. The number of halogens is 1. The first-order valence-corrected chi connectivity index (χ1v) is 8.04. The zero-order chi connectivity index (χ0) is 15.1. The summed E-state index contributed by atoms with van der Waals surface area (Å²) in [6.07, 6.45) is 1.84. The molecule has 1 saturated carbocycles. The second-order valence-electron chi connectivity index (χ2n) is 5.33. The molecule has 0 unspecified atom stereocenters. The van der Waals surface area contributed by atoms with Gasteiger partial charge in [-0.3, -0.25) is 9.59 Å². The van der Waals surface area contributed by atoms with E-state index in [2.05, 4.69) is 0 Å². The van der Waals surface area contributed by atoms with Crippen molar-refractivity contribution in [3.63, 3.8) is 0 Å². The molecule has 1 aliphatic rings. The number of rotatable bonds is 5. The number of Topliss-reactive ketones (excluding diaryl/α,β-unsaturated/α-hetero) is 2. The number of hydrogen-bond donors (Lipinski definition) is 0. The molecule has 1 fully saturated rings. The van der Waals surface area contributed by atoms with Gasteiger partial charge in [0.1, 0.15) is 11.5 Å². The quantitative estimate of drug-likeness (QED) is 0.604. The van der Waals surface area contributed by atoms with E-state index < -0.39 is 0 Å². The third-order valence-corrected chi connectivity index (χ3v) is 5.22. The van der Waals surface area contributed by atoms with Crippen LogP contribution in [0.2, 0.25) is 5.02 Å². The van der Waals surface area contributed by atoms with Gasteiger partial charge in [0.15, 0.2) is 5.78 Å². The van der Waals surface area contributed by atoms with Crippen LogP contribution in [0.3, 0.4) is 0 Å². The van der Waals surface area contributed by atoms with Gasteiger partial charge in [0, 0.05) is 16.4 Å². The lowest BCUT2D eigenvalue weighted by molar-refractivity contribution is -0.119. The van der Waals surface area contributed by atoms with Crippen molar-refractivity contribution in [1.29, 1.82) is 0 Å². The Balaban J connectivity index is 2.04. The molecule has 1 aromatic heterocycles. The van der Waals surface area contributed by atoms with Crippen LogP contribution in [0, 0.1) is 12.8 Å². The van der Waals surface area contributed by atoms with Crippen molar-refractivity contribution in [2.24, 2.45) is 5.92 Å². The number of hydrogen-bond acceptors (Lipinski definition) is 4. The summed E-state index contributed by atoms with van der Waals surface area (Å²) in [5.74, 6) is 0.750. The highest BCUT2D eigenvalue weighted by Gasteiger charge is 2.31. The average Bonchev–Trinajstić information content (AvgIpc) is 3.22. The van der Waals surface area contributed by atoms with Gasteiger partial charge in [0.05, 0.1) is 28.6 Å². The normalized spacial score (nSPS) is 14.4. The molecule has 0 saturated heterocycles. The van der Waals surface area contributed by atoms with Crippen molar-refractivity contribution in [2.45, 2.75) is 26.2 Å². The van der Waals surface area contributed by atoms with Crippen molar-refractivity contribution in [2.75, 3.05) is 7.11 Å². The number of carbonyl (C=O) groups excluding carboxylic acids is 2. The molecule has 3 rings (SSSR count). The minimum Gasteiger partial charge on any atom is -0.495 e. The van der Waals surface area contributed by atoms with Gasteiger partial charge < -0.3 is 4.74 Å². The van der Waals surface area contributed by atoms with E-state index in [1.807, 2.05) is 6.92 Å². The van der Waals surface area contributed by atoms with Gasteiger partial charge in [-0.15, -0.1) is 11.3 Å². The van der Waals surface area contributed by atoms with Gasteiger partial charge in [-0.1, -0.05) is 11.6 Å². The molecule has 0 radical (unpaired) electrons. The van der Waals surface area contributed by atoms with Crippen molar-refractivity contribution in [3.8, 4) is 5.75 Å². The third kappa shape index (κ3) is 2.58. The summed E-state index contributed by atoms with van der Waals surface area (Å²) in [6.45, 7) is 1.93. The maximum absolute atomic E-state index is 12.4. The van der Waals surface area contributed by atoms with Gasteiger partial charge in [0.2, 0.25) is 0 Å². The van der Waals surface area contributed by atoms with E-state index in [0.29, 0.717) is 16.3 Å². The fourth-order valence-corrected chi connectivity index (χ4v) is 4.00. The molecule has 1 aromatic carbocycles. The molecule has 0 N–H and O–H groups in total. The minimum absolute atomic E-state index is 0.0132. The summed E-state index contributed by atoms with van der Waals surface area (Å²) in [5.41, 5.74) is 0.569. The summed E-state index contributed by atoms with van der Waals surface area (Å²) in [4.78, 5) is 25.3. The fraction of sp³-hybridized carbons (Fsp3) is 0.375. The number of benzene rings is 1. The number of fused-ring (bicyclic) bond motifs is 1. The maximum atomic E-state index is 12.4. The monoisotopic (exact) mass is 322 g/mol. The zero-order valence-corrected chi connectivity index (χ0v) is 13.4. The van der Waals surface area contributed by atoms with Crippen LogP contribution in [-0.4, -0.2) is 18.7 Å². The van der Waals surface area contributed by atoms with Gasteiger partial charge in [-0.05, 0) is 31.9 Å². The summed E-state index contributed by atoms with van der Waals surface area (Å²) in [5, 5.41) is 1.34. The molecular formula is C16H15ClO3S. The lowest BCUT2D eigenvalue weighted by atomic mass is 10.0. The summed E-state index contributed by atoms with van der Waals surface area (Å²) < 4.78 is 6.20. The smallest absolute Gasteiger partial charge is 0.171 e. The molecule has 0 atom stereocenters. The predicted molar refractivity (Wildman–Crippen MR) is 84.8 cm³/mol. The molecule has 21 heavy (non-hydrogen) atoms. The van der Waals surface area contributed by atoms with E-state index in [0.717, 1.165) is 27.8 Å². The van der Waals surface area contributed by atoms with Gasteiger partial charge in [-0.2, -0.15) is 0 Å². The van der Waals surface area contributed by atoms with Crippen LogP contribution in [0.4, 0.5) is 0 Å². The molecule has 0 spiro atoms. The molecule has 5 heteroatoms. The third-order valence-electron chi connectivity index (χ3n) is 3.78. The molecule has 2 aromatic rings. The molecular weight excluding hydrogens is 308 g/mol. The van der Waals surface area contributed by atoms with Crippen molar-refractivity contribution < 1.29 is 14.3 Å². The Hall–Kier alpha value is -1.39. The van der Waals surface area contributed by atoms with E-state index in [1.54, 1.807) is 19.2 Å². The summed E-state index contributed by atoms with van der Waals surface area (Å²) in [7, 11) is 1.59. The van der Waals surface area contributed by atoms with Gasteiger partial charge in [-0.25, -0.2) is 0 Å². The minimum atomic E-state index is -0.127. The Kier molecular flexibility index (Phi) is 3.76. The zero-order valence-electron chi connectivity index (χ0n) is 11.9. The first-order valence-electron chi connectivity index (χ1n) is 6.84. The van der Waals surface area contributed by atoms with E-state index >= 15 is 0 Å². The lowest BCUT2D eigenvalue weighted by Gasteiger charge is -2.05. The van der Waals surface area contributed by atoms with Gasteiger partial charge >= 0.3 is 0 Å². The van der Waals surface area contributed by atoms with Crippen molar-refractivity contribution in [3.05, 3.63) is 27.6 Å². The highest BCUT2D eigenvalue weighted by molar-refractivity contribution is 7.20. The van der Waals surface area contributed by atoms with Crippen LogP contribution < -0.4 is 4.74 Å². The Labute approximate surface area is 131 Å². The van der Waals surface area contributed by atoms with Crippen molar-refractivity contribution in [1.82, 2.24) is 0 Å². The second-order valence-corrected chi connectivity index (χ2v) is 6.96. The SMILES string of the molecule is COc1c(C)sc2c(C(=O)CC(=O)C3CC3)ccc(Cl)c12. The van der Waals surface area contributed by atoms with Gasteiger partial charge in [0.25, 0.3) is 0 Å². The van der Waals surface area contributed by atoms with E-state index in [-0.39, 0.29) is 23.9 Å². The highest BCUT2D eigenvalue weighted by atomic mass is 35.5.